The molecule has 1 atom stereocenters. The number of carbonyl (C=O) groups excluding carboxylic acids is 1. The fourth-order valence-electron chi connectivity index (χ4n) is 1.13. The zero-order valence-electron chi connectivity index (χ0n) is 6.90. The van der Waals surface area contributed by atoms with Gasteiger partial charge < -0.3 is 14.7 Å². The van der Waals surface area contributed by atoms with E-state index in [1.54, 1.807) is 0 Å². The summed E-state index contributed by atoms with van der Waals surface area (Å²) in [7, 11) is 0. The highest BCUT2D eigenvalue weighted by molar-refractivity contribution is 5.68. The normalized spacial score (nSPS) is 22.4. The summed E-state index contributed by atoms with van der Waals surface area (Å²) < 4.78 is 4.78. The van der Waals surface area contributed by atoms with Gasteiger partial charge in [0.25, 0.3) is 0 Å². The van der Waals surface area contributed by atoms with E-state index in [2.05, 4.69) is 6.58 Å². The second-order valence-corrected chi connectivity index (χ2v) is 2.75. The first-order valence-corrected chi connectivity index (χ1v) is 3.94. The summed E-state index contributed by atoms with van der Waals surface area (Å²) in [5, 5.41) is 9.10. The van der Waals surface area contributed by atoms with Gasteiger partial charge in [-0.3, -0.25) is 0 Å². The maximum atomic E-state index is 11.1. The molecule has 0 aliphatic carbocycles. The van der Waals surface area contributed by atoms with Crippen molar-refractivity contribution in [1.29, 1.82) is 0 Å². The number of hydrogen-bond acceptors (Lipinski definition) is 3. The van der Waals surface area contributed by atoms with Gasteiger partial charge in [0, 0.05) is 13.1 Å². The number of aliphatic hydroxyl groups is 1. The van der Waals surface area contributed by atoms with Crippen LogP contribution < -0.4 is 0 Å². The Balaban J connectivity index is 2.28. The second-order valence-electron chi connectivity index (χ2n) is 2.75. The minimum absolute atomic E-state index is 0.228. The number of carbonyl (C=O) groups is 1. The third-order valence-corrected chi connectivity index (χ3v) is 1.75. The molecule has 0 saturated carbocycles. The Kier molecular flexibility index (Phi) is 3.10. The number of β-amino-alcohol motifs (C(OH)–C–C–N with tert-alkyl or cyclic N) is 1. The monoisotopic (exact) mass is 171 g/mol. The van der Waals surface area contributed by atoms with Gasteiger partial charge in [-0.1, -0.05) is 12.7 Å². The molecule has 1 aliphatic rings. The Morgan fingerprint density at radius 3 is 3.08 bits per heavy atom. The fraction of sp³-hybridized carbons (Fsp3) is 0.625. The molecule has 1 unspecified atom stereocenters. The topological polar surface area (TPSA) is 49.8 Å². The van der Waals surface area contributed by atoms with Crippen molar-refractivity contribution in [3.05, 3.63) is 12.7 Å². The molecule has 1 fully saturated rings. The lowest BCUT2D eigenvalue weighted by Crippen LogP contribution is -2.30. The maximum absolute atomic E-state index is 11.1. The summed E-state index contributed by atoms with van der Waals surface area (Å²) in [5.74, 6) is 0. The average molecular weight is 171 g/mol. The summed E-state index contributed by atoms with van der Waals surface area (Å²) >= 11 is 0. The van der Waals surface area contributed by atoms with Crippen molar-refractivity contribution in [2.24, 2.45) is 0 Å². The predicted molar refractivity (Wildman–Crippen MR) is 43.7 cm³/mol. The van der Waals surface area contributed by atoms with Crippen LogP contribution in [0.4, 0.5) is 4.79 Å². The van der Waals surface area contributed by atoms with Crippen LogP contribution >= 0.6 is 0 Å². The van der Waals surface area contributed by atoms with E-state index in [0.717, 1.165) is 0 Å². The highest BCUT2D eigenvalue weighted by Crippen LogP contribution is 2.09. The van der Waals surface area contributed by atoms with Crippen LogP contribution in [0.25, 0.3) is 0 Å². The SMILES string of the molecule is C=CCOC(=O)N1CCC(O)C1. The maximum Gasteiger partial charge on any atom is 0.410 e. The van der Waals surface area contributed by atoms with Crippen LogP contribution in [0.15, 0.2) is 12.7 Å². The van der Waals surface area contributed by atoms with Crippen LogP contribution in [0.2, 0.25) is 0 Å². The van der Waals surface area contributed by atoms with Crippen molar-refractivity contribution < 1.29 is 14.6 Å². The van der Waals surface area contributed by atoms with E-state index in [9.17, 15) is 4.79 Å². The third kappa shape index (κ3) is 2.23. The predicted octanol–water partition coefficient (Wildman–Crippen LogP) is 0.376. The zero-order chi connectivity index (χ0) is 8.97. The van der Waals surface area contributed by atoms with E-state index in [-0.39, 0.29) is 18.8 Å². The van der Waals surface area contributed by atoms with Gasteiger partial charge in [0.1, 0.15) is 6.61 Å². The molecule has 1 rings (SSSR count). The number of amides is 1. The Morgan fingerprint density at radius 1 is 1.83 bits per heavy atom. The molecule has 12 heavy (non-hydrogen) atoms. The van der Waals surface area contributed by atoms with Gasteiger partial charge in [0.05, 0.1) is 6.10 Å². The molecule has 0 spiro atoms. The van der Waals surface area contributed by atoms with Crippen molar-refractivity contribution in [2.75, 3.05) is 19.7 Å². The van der Waals surface area contributed by atoms with E-state index in [1.165, 1.54) is 11.0 Å². The lowest BCUT2D eigenvalue weighted by Gasteiger charge is -2.13. The van der Waals surface area contributed by atoms with Crippen molar-refractivity contribution in [2.45, 2.75) is 12.5 Å². The molecule has 1 heterocycles. The Labute approximate surface area is 71.4 Å². The van der Waals surface area contributed by atoms with E-state index < -0.39 is 0 Å². The van der Waals surface area contributed by atoms with Crippen molar-refractivity contribution in [1.82, 2.24) is 4.90 Å². The van der Waals surface area contributed by atoms with Gasteiger partial charge in [0.2, 0.25) is 0 Å². The summed E-state index contributed by atoms with van der Waals surface area (Å²) in [6.45, 7) is 4.62. The molecule has 1 amide bonds. The van der Waals surface area contributed by atoms with Crippen molar-refractivity contribution in [3.8, 4) is 0 Å². The molecule has 0 aromatic heterocycles. The van der Waals surface area contributed by atoms with E-state index in [0.29, 0.717) is 19.5 Å². The van der Waals surface area contributed by atoms with E-state index in [4.69, 9.17) is 9.84 Å². The van der Waals surface area contributed by atoms with Gasteiger partial charge in [-0.25, -0.2) is 4.79 Å². The van der Waals surface area contributed by atoms with Gasteiger partial charge in [-0.05, 0) is 6.42 Å². The standard InChI is InChI=1S/C8H13NO3/c1-2-5-12-8(11)9-4-3-7(10)6-9/h2,7,10H,1,3-6H2. The molecule has 68 valence electrons. The summed E-state index contributed by atoms with van der Waals surface area (Å²) in [4.78, 5) is 12.6. The smallest absolute Gasteiger partial charge is 0.410 e. The van der Waals surface area contributed by atoms with Crippen molar-refractivity contribution in [3.63, 3.8) is 0 Å². The Bertz CT molecular complexity index is 181. The van der Waals surface area contributed by atoms with Crippen molar-refractivity contribution >= 4 is 6.09 Å². The summed E-state index contributed by atoms with van der Waals surface area (Å²) in [5.41, 5.74) is 0. The van der Waals surface area contributed by atoms with Crippen LogP contribution in [-0.2, 0) is 4.74 Å². The summed E-state index contributed by atoms with van der Waals surface area (Å²) in [6.07, 6.45) is 1.40. The van der Waals surface area contributed by atoms with Crippen LogP contribution in [-0.4, -0.2) is 41.9 Å². The molecule has 1 aliphatic heterocycles. The molecule has 0 bridgehead atoms. The lowest BCUT2D eigenvalue weighted by molar-refractivity contribution is 0.112. The average Bonchev–Trinajstić information content (AvgIpc) is 2.47. The van der Waals surface area contributed by atoms with Crippen LogP contribution in [0.3, 0.4) is 0 Å². The molecular formula is C8H13NO3. The van der Waals surface area contributed by atoms with E-state index >= 15 is 0 Å². The molecule has 0 aromatic carbocycles. The molecule has 0 aromatic rings. The molecule has 1 saturated heterocycles. The number of likely N-dealkylation sites (tertiary alicyclic amines) is 1. The molecule has 4 heteroatoms. The third-order valence-electron chi connectivity index (χ3n) is 1.75. The molecular weight excluding hydrogens is 158 g/mol. The van der Waals surface area contributed by atoms with Gasteiger partial charge in [-0.2, -0.15) is 0 Å². The lowest BCUT2D eigenvalue weighted by atomic mass is 10.3. The minimum Gasteiger partial charge on any atom is -0.445 e. The number of nitrogens with zero attached hydrogens (tertiary/aromatic N) is 1. The van der Waals surface area contributed by atoms with E-state index in [1.807, 2.05) is 0 Å². The molecule has 1 N–H and O–H groups in total. The first-order chi connectivity index (χ1) is 5.74. The number of rotatable bonds is 2. The minimum atomic E-state index is -0.388. The van der Waals surface area contributed by atoms with Crippen LogP contribution in [0, 0.1) is 0 Å². The quantitative estimate of drug-likeness (QED) is 0.611. The highest BCUT2D eigenvalue weighted by Gasteiger charge is 2.25. The van der Waals surface area contributed by atoms with Gasteiger partial charge in [-0.15, -0.1) is 0 Å². The molecule has 0 radical (unpaired) electrons. The Hall–Kier alpha value is -1.03. The fourth-order valence-corrected chi connectivity index (χ4v) is 1.13. The van der Waals surface area contributed by atoms with Crippen LogP contribution in [0.5, 0.6) is 0 Å². The number of ether oxygens (including phenoxy) is 1. The number of hydrogen-bond donors (Lipinski definition) is 1. The van der Waals surface area contributed by atoms with Gasteiger partial charge in [0.15, 0.2) is 0 Å². The number of aliphatic hydroxyl groups excluding tert-OH is 1. The first-order valence-electron chi connectivity index (χ1n) is 3.94. The Morgan fingerprint density at radius 2 is 2.58 bits per heavy atom. The zero-order valence-corrected chi connectivity index (χ0v) is 6.90. The summed E-state index contributed by atoms with van der Waals surface area (Å²) in [6, 6.07) is 0. The first kappa shape index (κ1) is 9.06. The second kappa shape index (κ2) is 4.11. The van der Waals surface area contributed by atoms with Gasteiger partial charge >= 0.3 is 6.09 Å². The molecule has 4 nitrogen and oxygen atoms in total. The largest absolute Gasteiger partial charge is 0.445 e. The van der Waals surface area contributed by atoms with Crippen LogP contribution in [0.1, 0.15) is 6.42 Å². The highest BCUT2D eigenvalue weighted by atomic mass is 16.6.